The van der Waals surface area contributed by atoms with Crippen molar-refractivity contribution in [2.75, 3.05) is 17.7 Å². The van der Waals surface area contributed by atoms with Crippen LogP contribution in [0.15, 0.2) is 42.7 Å². The Labute approximate surface area is 131 Å². The predicted molar refractivity (Wildman–Crippen MR) is 82.6 cm³/mol. The molecule has 0 aliphatic rings. The monoisotopic (exact) mass is 323 g/mol. The van der Waals surface area contributed by atoms with Crippen LogP contribution in [-0.2, 0) is 0 Å². The molecule has 1 heterocycles. The first-order valence-electron chi connectivity index (χ1n) is 6.43. The number of ether oxygens (including phenoxy) is 1. The number of rotatable bonds is 7. The van der Waals surface area contributed by atoms with E-state index in [0.717, 1.165) is 0 Å². The van der Waals surface area contributed by atoms with Crippen LogP contribution < -0.4 is 10.1 Å². The maximum Gasteiger partial charge on any atom is 0.275 e. The summed E-state index contributed by atoms with van der Waals surface area (Å²) >= 11 is 5.51. The van der Waals surface area contributed by atoms with Crippen LogP contribution in [0.4, 0.5) is 11.4 Å². The van der Waals surface area contributed by atoms with Crippen molar-refractivity contribution in [3.63, 3.8) is 0 Å². The number of nitrogens with zero attached hydrogens (tertiary/aromatic N) is 2. The van der Waals surface area contributed by atoms with E-state index in [2.05, 4.69) is 10.3 Å². The second-order valence-corrected chi connectivity index (χ2v) is 4.76. The number of aliphatic hydroxyl groups is 1. The number of aromatic nitrogens is 1. The van der Waals surface area contributed by atoms with E-state index < -0.39 is 11.0 Å². The lowest BCUT2D eigenvalue weighted by atomic mass is 10.2. The Hall–Kier alpha value is -2.38. The number of anilines is 1. The molecule has 116 valence electrons. The summed E-state index contributed by atoms with van der Waals surface area (Å²) in [5.74, 6) is 0.834. The van der Waals surface area contributed by atoms with Gasteiger partial charge in [0.05, 0.1) is 29.2 Å². The van der Waals surface area contributed by atoms with Gasteiger partial charge in [-0.15, -0.1) is 11.6 Å². The summed E-state index contributed by atoms with van der Waals surface area (Å²) in [4.78, 5) is 14.4. The Bertz CT molecular complexity index is 639. The van der Waals surface area contributed by atoms with Crippen LogP contribution >= 0.6 is 11.6 Å². The van der Waals surface area contributed by atoms with Gasteiger partial charge < -0.3 is 15.2 Å². The van der Waals surface area contributed by atoms with Crippen molar-refractivity contribution in [3.05, 3.63) is 52.8 Å². The highest BCUT2D eigenvalue weighted by Crippen LogP contribution is 2.29. The van der Waals surface area contributed by atoms with Crippen LogP contribution in [0.1, 0.15) is 0 Å². The molecule has 0 spiro atoms. The fourth-order valence-corrected chi connectivity index (χ4v) is 1.79. The van der Waals surface area contributed by atoms with E-state index in [9.17, 15) is 15.2 Å². The van der Waals surface area contributed by atoms with Crippen LogP contribution in [0.5, 0.6) is 11.5 Å². The van der Waals surface area contributed by atoms with Crippen molar-refractivity contribution in [1.82, 2.24) is 4.98 Å². The molecular weight excluding hydrogens is 310 g/mol. The molecule has 1 aromatic carbocycles. The molecule has 0 saturated heterocycles. The van der Waals surface area contributed by atoms with Gasteiger partial charge >= 0.3 is 0 Å². The molecule has 2 rings (SSSR count). The molecule has 7 nitrogen and oxygen atoms in total. The largest absolute Gasteiger partial charge is 0.455 e. The topological polar surface area (TPSA) is 97.5 Å². The maximum absolute atomic E-state index is 11.0. The van der Waals surface area contributed by atoms with Gasteiger partial charge in [-0.2, -0.15) is 0 Å². The second kappa shape index (κ2) is 7.58. The summed E-state index contributed by atoms with van der Waals surface area (Å²) in [5.41, 5.74) is 0.335. The van der Waals surface area contributed by atoms with Crippen molar-refractivity contribution >= 4 is 23.0 Å². The summed E-state index contributed by atoms with van der Waals surface area (Å²) in [5, 5.41) is 23.3. The minimum atomic E-state index is -0.747. The summed E-state index contributed by atoms with van der Waals surface area (Å²) in [6.45, 7) is 0.178. The van der Waals surface area contributed by atoms with E-state index in [4.69, 9.17) is 16.3 Å². The number of pyridine rings is 1. The van der Waals surface area contributed by atoms with Crippen LogP contribution in [0.3, 0.4) is 0 Å². The number of aliphatic hydroxyl groups excluding tert-OH is 1. The Morgan fingerprint density at radius 3 is 2.86 bits per heavy atom. The molecule has 0 amide bonds. The zero-order chi connectivity index (χ0) is 15.9. The molecule has 0 bridgehead atoms. The molecular formula is C14H14ClN3O4. The van der Waals surface area contributed by atoms with Crippen LogP contribution in [0, 0.1) is 10.1 Å². The molecule has 0 radical (unpaired) electrons. The number of halogens is 1. The van der Waals surface area contributed by atoms with Gasteiger partial charge in [-0.05, 0) is 12.1 Å². The Kier molecular flexibility index (Phi) is 5.51. The normalized spacial score (nSPS) is 11.7. The number of hydrogen-bond donors (Lipinski definition) is 2. The first-order chi connectivity index (χ1) is 10.6. The number of alkyl halides is 1. The van der Waals surface area contributed by atoms with Gasteiger partial charge in [-0.25, -0.2) is 0 Å². The van der Waals surface area contributed by atoms with Crippen molar-refractivity contribution in [3.8, 4) is 11.5 Å². The maximum atomic E-state index is 11.0. The zero-order valence-electron chi connectivity index (χ0n) is 11.5. The highest BCUT2D eigenvalue weighted by atomic mass is 35.5. The third-order valence-electron chi connectivity index (χ3n) is 2.69. The predicted octanol–water partition coefficient (Wildman–Crippen LogP) is 2.79. The second-order valence-electron chi connectivity index (χ2n) is 4.45. The van der Waals surface area contributed by atoms with Gasteiger partial charge in [-0.3, -0.25) is 15.1 Å². The number of hydrogen-bond acceptors (Lipinski definition) is 6. The number of benzene rings is 1. The molecule has 2 N–H and O–H groups in total. The van der Waals surface area contributed by atoms with Crippen LogP contribution in [0.25, 0.3) is 0 Å². The van der Waals surface area contributed by atoms with Crippen molar-refractivity contribution in [2.45, 2.75) is 6.10 Å². The lowest BCUT2D eigenvalue weighted by molar-refractivity contribution is -0.384. The molecule has 22 heavy (non-hydrogen) atoms. The van der Waals surface area contributed by atoms with Crippen molar-refractivity contribution in [1.29, 1.82) is 0 Å². The quantitative estimate of drug-likeness (QED) is 0.462. The van der Waals surface area contributed by atoms with E-state index in [1.165, 1.54) is 18.3 Å². The average Bonchev–Trinajstić information content (AvgIpc) is 2.53. The van der Waals surface area contributed by atoms with E-state index in [0.29, 0.717) is 17.2 Å². The van der Waals surface area contributed by atoms with Gasteiger partial charge in [0.1, 0.15) is 11.5 Å². The van der Waals surface area contributed by atoms with E-state index in [1.807, 2.05) is 0 Å². The molecule has 0 saturated carbocycles. The third-order valence-corrected chi connectivity index (χ3v) is 3.05. The summed E-state index contributed by atoms with van der Waals surface area (Å²) in [6.07, 6.45) is 2.35. The number of nitrogens with one attached hydrogen (secondary N) is 1. The van der Waals surface area contributed by atoms with Crippen molar-refractivity contribution in [2.24, 2.45) is 0 Å². The molecule has 0 aliphatic heterocycles. The van der Waals surface area contributed by atoms with Gasteiger partial charge in [-0.1, -0.05) is 0 Å². The SMILES string of the molecule is O=[N+]([O-])c1cc(NCC(O)CCl)cc(Oc2cccnc2)c1. The van der Waals surface area contributed by atoms with E-state index >= 15 is 0 Å². The summed E-state index contributed by atoms with van der Waals surface area (Å²) < 4.78 is 5.55. The molecule has 0 fully saturated rings. The highest BCUT2D eigenvalue weighted by molar-refractivity contribution is 6.18. The fraction of sp³-hybridized carbons (Fsp3) is 0.214. The standard InChI is InChI=1S/C14H14ClN3O4/c15-7-12(19)8-17-10-4-11(18(20)21)6-14(5-10)22-13-2-1-3-16-9-13/h1-6,9,12,17,19H,7-8H2. The summed E-state index contributed by atoms with van der Waals surface area (Å²) in [7, 11) is 0. The average molecular weight is 324 g/mol. The molecule has 0 aliphatic carbocycles. The lowest BCUT2D eigenvalue weighted by Crippen LogP contribution is -2.20. The molecule has 8 heteroatoms. The molecule has 2 aromatic rings. The number of nitro benzene ring substituents is 1. The Morgan fingerprint density at radius 2 is 2.23 bits per heavy atom. The smallest absolute Gasteiger partial charge is 0.275 e. The fourth-order valence-electron chi connectivity index (χ4n) is 1.68. The summed E-state index contributed by atoms with van der Waals surface area (Å²) in [6, 6.07) is 7.66. The van der Waals surface area contributed by atoms with Gasteiger partial charge in [0.2, 0.25) is 0 Å². The van der Waals surface area contributed by atoms with E-state index in [1.54, 1.807) is 24.4 Å². The van der Waals surface area contributed by atoms with Gasteiger partial charge in [0.25, 0.3) is 5.69 Å². The number of nitro groups is 1. The third kappa shape index (κ3) is 4.57. The molecule has 1 unspecified atom stereocenters. The van der Waals surface area contributed by atoms with Gasteiger partial charge in [0, 0.05) is 30.6 Å². The molecule has 1 atom stereocenters. The molecule has 1 aromatic heterocycles. The highest BCUT2D eigenvalue weighted by Gasteiger charge is 2.12. The number of non-ortho nitro benzene ring substituents is 1. The zero-order valence-corrected chi connectivity index (χ0v) is 12.2. The first kappa shape index (κ1) is 16.0. The minimum absolute atomic E-state index is 0.0704. The van der Waals surface area contributed by atoms with Crippen molar-refractivity contribution < 1.29 is 14.8 Å². The van der Waals surface area contributed by atoms with Crippen LogP contribution in [-0.4, -0.2) is 33.5 Å². The Morgan fingerprint density at radius 1 is 1.41 bits per heavy atom. The lowest BCUT2D eigenvalue weighted by Gasteiger charge is -2.12. The Balaban J connectivity index is 2.21. The van der Waals surface area contributed by atoms with Crippen LogP contribution in [0.2, 0.25) is 0 Å². The van der Waals surface area contributed by atoms with Gasteiger partial charge in [0.15, 0.2) is 0 Å². The minimum Gasteiger partial charge on any atom is -0.455 e. The first-order valence-corrected chi connectivity index (χ1v) is 6.97. The van der Waals surface area contributed by atoms with E-state index in [-0.39, 0.29) is 18.1 Å².